The fraction of sp³-hybridized carbons (Fsp3) is 0.471. The van der Waals surface area contributed by atoms with Crippen LogP contribution in [0.2, 0.25) is 0 Å². The standard InChI is InChI=1S/C17H23NO2/c1-2-3-4-5-6-7-8-13-14-9-12-17(19)20-16(14)11-10-15(13)18/h9-12H,2-8,18H2,1H3. The summed E-state index contributed by atoms with van der Waals surface area (Å²) in [6.07, 6.45) is 8.50. The van der Waals surface area contributed by atoms with Gasteiger partial charge in [-0.2, -0.15) is 0 Å². The highest BCUT2D eigenvalue weighted by Gasteiger charge is 2.07. The van der Waals surface area contributed by atoms with Crippen LogP contribution < -0.4 is 11.4 Å². The molecule has 0 saturated heterocycles. The Morgan fingerprint density at radius 2 is 1.75 bits per heavy atom. The van der Waals surface area contributed by atoms with Crippen molar-refractivity contribution in [3.63, 3.8) is 0 Å². The molecule has 3 nitrogen and oxygen atoms in total. The zero-order valence-electron chi connectivity index (χ0n) is 12.2. The third kappa shape index (κ3) is 3.62. The van der Waals surface area contributed by atoms with E-state index in [1.807, 2.05) is 12.1 Å². The summed E-state index contributed by atoms with van der Waals surface area (Å²) < 4.78 is 5.21. The number of fused-ring (bicyclic) bond motifs is 1. The molecule has 2 N–H and O–H groups in total. The Hall–Kier alpha value is -1.77. The van der Waals surface area contributed by atoms with Crippen molar-refractivity contribution in [2.24, 2.45) is 0 Å². The molecule has 0 radical (unpaired) electrons. The lowest BCUT2D eigenvalue weighted by atomic mass is 10.00. The Kier molecular flexibility index (Phi) is 5.22. The Bertz CT molecular complexity index is 616. The molecular formula is C17H23NO2. The van der Waals surface area contributed by atoms with E-state index in [1.54, 1.807) is 6.07 Å². The molecule has 20 heavy (non-hydrogen) atoms. The van der Waals surface area contributed by atoms with Crippen LogP contribution in [0.15, 0.2) is 33.5 Å². The highest BCUT2D eigenvalue weighted by Crippen LogP contribution is 2.25. The topological polar surface area (TPSA) is 56.2 Å². The Balaban J connectivity index is 2.05. The number of aryl methyl sites for hydroxylation is 1. The predicted octanol–water partition coefficient (Wildman–Crippen LogP) is 4.28. The van der Waals surface area contributed by atoms with Crippen LogP contribution in [-0.2, 0) is 6.42 Å². The Morgan fingerprint density at radius 3 is 2.55 bits per heavy atom. The maximum absolute atomic E-state index is 11.2. The average Bonchev–Trinajstić information content (AvgIpc) is 2.44. The highest BCUT2D eigenvalue weighted by molar-refractivity contribution is 5.85. The zero-order valence-corrected chi connectivity index (χ0v) is 12.2. The van der Waals surface area contributed by atoms with Crippen LogP contribution in [0.4, 0.5) is 5.69 Å². The average molecular weight is 273 g/mol. The van der Waals surface area contributed by atoms with Gasteiger partial charge in [0, 0.05) is 17.1 Å². The minimum atomic E-state index is -0.312. The van der Waals surface area contributed by atoms with Gasteiger partial charge in [-0.15, -0.1) is 0 Å². The molecule has 2 aromatic rings. The zero-order chi connectivity index (χ0) is 14.4. The number of rotatable bonds is 7. The van der Waals surface area contributed by atoms with Crippen LogP contribution in [0.3, 0.4) is 0 Å². The quantitative estimate of drug-likeness (QED) is 0.465. The van der Waals surface area contributed by atoms with E-state index in [4.69, 9.17) is 10.2 Å². The number of anilines is 1. The van der Waals surface area contributed by atoms with E-state index in [2.05, 4.69) is 6.92 Å². The molecule has 108 valence electrons. The first-order valence-corrected chi connectivity index (χ1v) is 7.53. The second-order valence-electron chi connectivity index (χ2n) is 5.32. The lowest BCUT2D eigenvalue weighted by molar-refractivity contribution is 0.560. The van der Waals surface area contributed by atoms with Gasteiger partial charge in [0.15, 0.2) is 0 Å². The minimum absolute atomic E-state index is 0.312. The van der Waals surface area contributed by atoms with Gasteiger partial charge < -0.3 is 10.2 Å². The molecule has 2 rings (SSSR count). The number of hydrogen-bond donors (Lipinski definition) is 1. The van der Waals surface area contributed by atoms with Gasteiger partial charge in [-0.1, -0.05) is 39.0 Å². The number of nitrogen functional groups attached to an aromatic ring is 1. The van der Waals surface area contributed by atoms with Crippen molar-refractivity contribution in [2.75, 3.05) is 5.73 Å². The number of unbranched alkanes of at least 4 members (excludes halogenated alkanes) is 5. The Labute approximate surface area is 119 Å². The summed E-state index contributed by atoms with van der Waals surface area (Å²) in [6.45, 7) is 2.23. The van der Waals surface area contributed by atoms with Crippen molar-refractivity contribution < 1.29 is 4.42 Å². The monoisotopic (exact) mass is 273 g/mol. The van der Waals surface area contributed by atoms with Crippen molar-refractivity contribution in [2.45, 2.75) is 51.9 Å². The molecule has 1 aromatic heterocycles. The Morgan fingerprint density at radius 1 is 1.00 bits per heavy atom. The van der Waals surface area contributed by atoms with Crippen LogP contribution >= 0.6 is 0 Å². The molecule has 0 aliphatic rings. The highest BCUT2D eigenvalue weighted by atomic mass is 16.4. The predicted molar refractivity (Wildman–Crippen MR) is 84.0 cm³/mol. The fourth-order valence-corrected chi connectivity index (χ4v) is 2.59. The molecule has 0 aliphatic carbocycles. The van der Waals surface area contributed by atoms with Gasteiger partial charge in [0.1, 0.15) is 5.58 Å². The fourth-order valence-electron chi connectivity index (χ4n) is 2.59. The normalized spacial score (nSPS) is 11.1. The second-order valence-corrected chi connectivity index (χ2v) is 5.32. The van der Waals surface area contributed by atoms with E-state index in [1.165, 1.54) is 38.2 Å². The molecule has 0 aliphatic heterocycles. The van der Waals surface area contributed by atoms with E-state index in [0.29, 0.717) is 5.58 Å². The molecule has 0 amide bonds. The van der Waals surface area contributed by atoms with Crippen molar-refractivity contribution in [1.82, 2.24) is 0 Å². The van der Waals surface area contributed by atoms with Gasteiger partial charge in [0.25, 0.3) is 0 Å². The first kappa shape index (κ1) is 14.6. The summed E-state index contributed by atoms with van der Waals surface area (Å²) in [4.78, 5) is 11.2. The third-order valence-corrected chi connectivity index (χ3v) is 3.73. The summed E-state index contributed by atoms with van der Waals surface area (Å²) in [5.74, 6) is 0. The van der Waals surface area contributed by atoms with Crippen molar-refractivity contribution in [3.8, 4) is 0 Å². The van der Waals surface area contributed by atoms with Crippen LogP contribution in [0.1, 0.15) is 51.0 Å². The molecule has 0 saturated carbocycles. The van der Waals surface area contributed by atoms with E-state index >= 15 is 0 Å². The van der Waals surface area contributed by atoms with Crippen LogP contribution in [0.25, 0.3) is 11.0 Å². The largest absolute Gasteiger partial charge is 0.423 e. The summed E-state index contributed by atoms with van der Waals surface area (Å²) in [7, 11) is 0. The molecule has 0 spiro atoms. The summed E-state index contributed by atoms with van der Waals surface area (Å²) >= 11 is 0. The lowest BCUT2D eigenvalue weighted by Crippen LogP contribution is -2.00. The second kappa shape index (κ2) is 7.13. The molecule has 0 fully saturated rings. The van der Waals surface area contributed by atoms with Gasteiger partial charge >= 0.3 is 5.63 Å². The molecule has 3 heteroatoms. The number of nitrogens with two attached hydrogens (primary N) is 1. The SMILES string of the molecule is CCCCCCCCc1c(N)ccc2oc(=O)ccc12. The number of benzene rings is 1. The molecule has 1 heterocycles. The van der Waals surface area contributed by atoms with Gasteiger partial charge in [0.2, 0.25) is 0 Å². The van der Waals surface area contributed by atoms with Gasteiger partial charge in [-0.25, -0.2) is 4.79 Å². The van der Waals surface area contributed by atoms with Crippen LogP contribution in [-0.4, -0.2) is 0 Å². The third-order valence-electron chi connectivity index (χ3n) is 3.73. The summed E-state index contributed by atoms with van der Waals surface area (Å²) in [6, 6.07) is 6.89. The van der Waals surface area contributed by atoms with Gasteiger partial charge in [-0.3, -0.25) is 0 Å². The smallest absolute Gasteiger partial charge is 0.336 e. The van der Waals surface area contributed by atoms with Gasteiger partial charge in [0.05, 0.1) is 0 Å². The van der Waals surface area contributed by atoms with E-state index < -0.39 is 0 Å². The summed E-state index contributed by atoms with van der Waals surface area (Å²) in [5.41, 5.74) is 8.29. The minimum Gasteiger partial charge on any atom is -0.423 e. The molecule has 0 atom stereocenters. The molecular weight excluding hydrogens is 250 g/mol. The molecule has 0 unspecified atom stereocenters. The first-order chi connectivity index (χ1) is 9.72. The first-order valence-electron chi connectivity index (χ1n) is 7.53. The molecule has 1 aromatic carbocycles. The van der Waals surface area contributed by atoms with Gasteiger partial charge in [-0.05, 0) is 36.6 Å². The van der Waals surface area contributed by atoms with Crippen molar-refractivity contribution in [3.05, 3.63) is 40.2 Å². The lowest BCUT2D eigenvalue weighted by Gasteiger charge is -2.09. The van der Waals surface area contributed by atoms with E-state index in [9.17, 15) is 4.79 Å². The van der Waals surface area contributed by atoms with E-state index in [0.717, 1.165) is 29.5 Å². The maximum Gasteiger partial charge on any atom is 0.336 e. The summed E-state index contributed by atoms with van der Waals surface area (Å²) in [5, 5.41) is 0.971. The maximum atomic E-state index is 11.2. The van der Waals surface area contributed by atoms with Crippen molar-refractivity contribution >= 4 is 16.7 Å². The van der Waals surface area contributed by atoms with Crippen molar-refractivity contribution in [1.29, 1.82) is 0 Å². The number of hydrogen-bond acceptors (Lipinski definition) is 3. The van der Waals surface area contributed by atoms with Crippen LogP contribution in [0, 0.1) is 0 Å². The molecule has 0 bridgehead atoms. The van der Waals surface area contributed by atoms with E-state index in [-0.39, 0.29) is 5.63 Å². The van der Waals surface area contributed by atoms with Crippen LogP contribution in [0.5, 0.6) is 0 Å².